The molecule has 8 nitrogen and oxygen atoms in total. The summed E-state index contributed by atoms with van der Waals surface area (Å²) in [4.78, 5) is 23.1. The Hall–Kier alpha value is -4.72. The van der Waals surface area contributed by atoms with Crippen LogP contribution in [0.3, 0.4) is 0 Å². The lowest BCUT2D eigenvalue weighted by atomic mass is 9.70. The number of rotatable bonds is 3. The largest absolute Gasteiger partial charge is 0.507 e. The zero-order valence-corrected chi connectivity index (χ0v) is 21.8. The zero-order valence-electron chi connectivity index (χ0n) is 21.8. The average molecular weight is 519 g/mol. The highest BCUT2D eigenvalue weighted by Gasteiger charge is 2.44. The van der Waals surface area contributed by atoms with E-state index in [2.05, 4.69) is 23.9 Å². The number of benzene rings is 3. The van der Waals surface area contributed by atoms with Crippen molar-refractivity contribution in [1.82, 2.24) is 19.6 Å². The number of allylic oxidation sites excluding steroid dienone is 2. The molecular formula is C31H26N4O4. The van der Waals surface area contributed by atoms with Gasteiger partial charge in [-0.1, -0.05) is 50.2 Å². The first-order valence-electron chi connectivity index (χ1n) is 12.9. The molecule has 2 aromatic heterocycles. The minimum absolute atomic E-state index is 0.0571. The van der Waals surface area contributed by atoms with Gasteiger partial charge in [0, 0.05) is 24.3 Å². The fourth-order valence-electron chi connectivity index (χ4n) is 5.80. The standard InChI is InChI=1S/C31H26N4O4/c1-31(2)14-23(37)26-24(15-31)39-30-27(25(26)17-8-10-20(38-3)11-9-17)29-33-28(34-35(29)16-32-30)21-12-18-6-4-5-7-19(18)13-22(21)36/h4-13,16,25,36H,14-15H2,1-3H3/t25-/m1/s1. The van der Waals surface area contributed by atoms with Gasteiger partial charge in [-0.2, -0.15) is 0 Å². The first-order chi connectivity index (χ1) is 18.8. The van der Waals surface area contributed by atoms with E-state index < -0.39 is 5.92 Å². The molecule has 8 heteroatoms. The number of carbonyl (C=O) groups excluding carboxylic acids is 1. The summed E-state index contributed by atoms with van der Waals surface area (Å²) in [5, 5.41) is 17.4. The van der Waals surface area contributed by atoms with Crippen LogP contribution in [0, 0.1) is 5.41 Å². The summed E-state index contributed by atoms with van der Waals surface area (Å²) >= 11 is 0. The molecule has 0 radical (unpaired) electrons. The Morgan fingerprint density at radius 2 is 1.79 bits per heavy atom. The molecule has 1 atom stereocenters. The monoisotopic (exact) mass is 518 g/mol. The second-order valence-corrected chi connectivity index (χ2v) is 11.0. The van der Waals surface area contributed by atoms with Crippen LogP contribution in [0.2, 0.25) is 0 Å². The van der Waals surface area contributed by atoms with Crippen LogP contribution in [-0.4, -0.2) is 37.6 Å². The molecular weight excluding hydrogens is 492 g/mol. The molecule has 3 heterocycles. The Labute approximate surface area is 224 Å². The van der Waals surface area contributed by atoms with Crippen molar-refractivity contribution in [3.8, 4) is 28.8 Å². The zero-order chi connectivity index (χ0) is 26.9. The van der Waals surface area contributed by atoms with Gasteiger partial charge in [-0.05, 0) is 46.0 Å². The normalized spacial score (nSPS) is 18.1. The van der Waals surface area contributed by atoms with E-state index in [4.69, 9.17) is 14.5 Å². The number of carbonyl (C=O) groups is 1. The highest BCUT2D eigenvalue weighted by Crippen LogP contribution is 2.50. The Balaban J connectivity index is 1.45. The summed E-state index contributed by atoms with van der Waals surface area (Å²) in [6.07, 6.45) is 2.63. The van der Waals surface area contributed by atoms with Crippen LogP contribution in [0.4, 0.5) is 0 Å². The van der Waals surface area contributed by atoms with Gasteiger partial charge in [-0.15, -0.1) is 5.10 Å². The number of ketones is 1. The van der Waals surface area contributed by atoms with Crippen LogP contribution in [0.5, 0.6) is 17.4 Å². The van der Waals surface area contributed by atoms with Crippen molar-refractivity contribution in [3.63, 3.8) is 0 Å². The SMILES string of the molecule is COc1ccc([C@@H]2C3=C(CC(C)(C)CC3=O)Oc3ncn4nc(-c5cc6ccccc6cc5O)nc4c32)cc1. The molecule has 3 aromatic carbocycles. The first-order valence-corrected chi connectivity index (χ1v) is 12.9. The molecule has 1 aliphatic carbocycles. The Kier molecular flexibility index (Phi) is 5.04. The summed E-state index contributed by atoms with van der Waals surface area (Å²) in [7, 11) is 1.62. The predicted molar refractivity (Wildman–Crippen MR) is 146 cm³/mol. The Bertz CT molecular complexity index is 1840. The van der Waals surface area contributed by atoms with Gasteiger partial charge in [0.25, 0.3) is 0 Å². The van der Waals surface area contributed by atoms with Crippen molar-refractivity contribution < 1.29 is 19.4 Å². The van der Waals surface area contributed by atoms with E-state index in [1.54, 1.807) is 24.0 Å². The summed E-state index contributed by atoms with van der Waals surface area (Å²) in [6, 6.07) is 19.1. The van der Waals surface area contributed by atoms with E-state index in [9.17, 15) is 9.90 Å². The molecule has 0 bridgehead atoms. The second-order valence-electron chi connectivity index (χ2n) is 11.0. The van der Waals surface area contributed by atoms with E-state index in [0.717, 1.165) is 22.1 Å². The molecule has 0 fully saturated rings. The number of nitrogens with zero attached hydrogens (tertiary/aromatic N) is 4. The van der Waals surface area contributed by atoms with Crippen molar-refractivity contribution in [2.45, 2.75) is 32.6 Å². The lowest BCUT2D eigenvalue weighted by molar-refractivity contribution is -0.118. The number of Topliss-reactive ketones (excluding diaryl/α,β-unsaturated/α-hetero) is 1. The van der Waals surface area contributed by atoms with Crippen LogP contribution >= 0.6 is 0 Å². The van der Waals surface area contributed by atoms with Gasteiger partial charge in [0.05, 0.1) is 18.2 Å². The molecule has 194 valence electrons. The van der Waals surface area contributed by atoms with E-state index in [0.29, 0.717) is 52.7 Å². The minimum atomic E-state index is -0.434. The molecule has 2 aliphatic rings. The molecule has 0 saturated heterocycles. The van der Waals surface area contributed by atoms with Crippen LogP contribution in [0.15, 0.2) is 78.3 Å². The van der Waals surface area contributed by atoms with E-state index in [1.165, 1.54) is 0 Å². The highest BCUT2D eigenvalue weighted by atomic mass is 16.5. The average Bonchev–Trinajstić information content (AvgIpc) is 3.35. The Morgan fingerprint density at radius 1 is 1.05 bits per heavy atom. The molecule has 39 heavy (non-hydrogen) atoms. The molecule has 0 saturated carbocycles. The van der Waals surface area contributed by atoms with Crippen molar-refractivity contribution in [2.24, 2.45) is 5.41 Å². The number of fused-ring (bicyclic) bond motifs is 4. The van der Waals surface area contributed by atoms with Gasteiger partial charge in [0.2, 0.25) is 5.88 Å². The lowest BCUT2D eigenvalue weighted by Gasteiger charge is -2.37. The van der Waals surface area contributed by atoms with E-state index in [1.807, 2.05) is 54.6 Å². The molecule has 0 amide bonds. The number of ether oxygens (including phenoxy) is 2. The highest BCUT2D eigenvalue weighted by molar-refractivity contribution is 6.00. The quantitative estimate of drug-likeness (QED) is 0.321. The number of aromatic hydroxyl groups is 1. The van der Waals surface area contributed by atoms with E-state index >= 15 is 0 Å². The number of hydrogen-bond donors (Lipinski definition) is 1. The third kappa shape index (κ3) is 3.74. The maximum atomic E-state index is 13.6. The summed E-state index contributed by atoms with van der Waals surface area (Å²) in [5.41, 5.74) is 3.05. The van der Waals surface area contributed by atoms with E-state index in [-0.39, 0.29) is 16.9 Å². The summed E-state index contributed by atoms with van der Waals surface area (Å²) in [5.74, 6) is 1.87. The predicted octanol–water partition coefficient (Wildman–Crippen LogP) is 5.83. The number of phenols is 1. The lowest BCUT2D eigenvalue weighted by Crippen LogP contribution is -2.33. The van der Waals surface area contributed by atoms with Gasteiger partial charge in [0.1, 0.15) is 23.6 Å². The molecule has 1 N–H and O–H groups in total. The summed E-state index contributed by atoms with van der Waals surface area (Å²) < 4.78 is 13.3. The fraction of sp³-hybridized carbons (Fsp3) is 0.226. The number of hydrogen-bond acceptors (Lipinski definition) is 7. The summed E-state index contributed by atoms with van der Waals surface area (Å²) in [6.45, 7) is 4.15. The molecule has 5 aromatic rings. The topological polar surface area (TPSA) is 98.8 Å². The van der Waals surface area contributed by atoms with Crippen LogP contribution in [0.25, 0.3) is 27.8 Å². The Morgan fingerprint density at radius 3 is 2.54 bits per heavy atom. The van der Waals surface area contributed by atoms with Crippen LogP contribution < -0.4 is 9.47 Å². The first kappa shape index (κ1) is 23.4. The maximum absolute atomic E-state index is 13.6. The van der Waals surface area contributed by atoms with Crippen molar-refractivity contribution in [3.05, 3.63) is 89.5 Å². The number of aromatic nitrogens is 4. The van der Waals surface area contributed by atoms with Crippen molar-refractivity contribution in [1.29, 1.82) is 0 Å². The van der Waals surface area contributed by atoms with Gasteiger partial charge in [0.15, 0.2) is 17.3 Å². The van der Waals surface area contributed by atoms with Gasteiger partial charge in [-0.3, -0.25) is 4.79 Å². The minimum Gasteiger partial charge on any atom is -0.507 e. The number of methoxy groups -OCH3 is 1. The van der Waals surface area contributed by atoms with Crippen LogP contribution in [0.1, 0.15) is 43.7 Å². The van der Waals surface area contributed by atoms with Crippen LogP contribution in [-0.2, 0) is 4.79 Å². The fourth-order valence-corrected chi connectivity index (χ4v) is 5.80. The molecule has 1 aliphatic heterocycles. The third-order valence-electron chi connectivity index (χ3n) is 7.62. The second kappa shape index (κ2) is 8.39. The maximum Gasteiger partial charge on any atom is 0.228 e. The smallest absolute Gasteiger partial charge is 0.228 e. The van der Waals surface area contributed by atoms with Crippen molar-refractivity contribution >= 4 is 22.2 Å². The third-order valence-corrected chi connectivity index (χ3v) is 7.62. The van der Waals surface area contributed by atoms with Gasteiger partial charge >= 0.3 is 0 Å². The molecule has 0 unspecified atom stereocenters. The van der Waals surface area contributed by atoms with Gasteiger partial charge < -0.3 is 14.6 Å². The molecule has 7 rings (SSSR count). The van der Waals surface area contributed by atoms with Crippen molar-refractivity contribution in [2.75, 3.05) is 7.11 Å². The number of phenolic OH excluding ortho intramolecular Hbond substituents is 1. The molecule has 0 spiro atoms. The van der Waals surface area contributed by atoms with Gasteiger partial charge in [-0.25, -0.2) is 14.5 Å².